The van der Waals surface area contributed by atoms with Gasteiger partial charge in [-0.05, 0) is 74.2 Å². The Kier molecular flexibility index (Phi) is 8.68. The predicted molar refractivity (Wildman–Crippen MR) is 224 cm³/mol. The van der Waals surface area contributed by atoms with E-state index in [1.54, 1.807) is 0 Å². The maximum Gasteiger partial charge on any atom is 0.248 e. The summed E-state index contributed by atoms with van der Waals surface area (Å²) in [7, 11) is 0. The molecule has 7 aromatic carbocycles. The molecule has 0 unspecified atom stereocenters. The van der Waals surface area contributed by atoms with Gasteiger partial charge in [0.2, 0.25) is 11.8 Å². The van der Waals surface area contributed by atoms with Crippen LogP contribution in [0.15, 0.2) is 162 Å². The van der Waals surface area contributed by atoms with E-state index in [4.69, 9.17) is 14.4 Å². The van der Waals surface area contributed by atoms with Crippen molar-refractivity contribution in [1.29, 1.82) is 0 Å². The third-order valence-electron chi connectivity index (χ3n) is 10.0. The van der Waals surface area contributed by atoms with Crippen LogP contribution in [-0.4, -0.2) is 20.2 Å². The van der Waals surface area contributed by atoms with Gasteiger partial charge in [-0.15, -0.1) is 10.2 Å². The molecule has 9 aromatic rings. The molecule has 5 heteroatoms. The standard InChI is InChI=1S/C50H38N4O/c1-31-25-32(2)28-41(27-31)43-23-24-44(42-29-33(3)26-34(4)30-42)48-47(43)51-45(37-11-7-5-8-12-37)46(52-48)38-19-15-35(16-20-38)36-17-21-40(22-18-36)50-54-53-49(55-50)39-13-9-6-10-14-39/h5-30H,1-4H3. The molecule has 0 amide bonds. The number of aryl methyl sites for hydroxylation is 4. The minimum Gasteiger partial charge on any atom is -0.416 e. The summed E-state index contributed by atoms with van der Waals surface area (Å²) in [4.78, 5) is 11.1. The topological polar surface area (TPSA) is 64.7 Å². The Balaban J connectivity index is 1.16. The molecule has 0 radical (unpaired) electrons. The molecule has 0 saturated carbocycles. The molecule has 264 valence electrons. The van der Waals surface area contributed by atoms with Gasteiger partial charge in [-0.2, -0.15) is 0 Å². The second kappa shape index (κ2) is 14.1. The van der Waals surface area contributed by atoms with Crippen LogP contribution < -0.4 is 0 Å². The van der Waals surface area contributed by atoms with E-state index in [0.29, 0.717) is 11.8 Å². The van der Waals surface area contributed by atoms with Crippen molar-refractivity contribution in [3.8, 4) is 78.8 Å². The van der Waals surface area contributed by atoms with Gasteiger partial charge in [0.25, 0.3) is 0 Å². The van der Waals surface area contributed by atoms with Gasteiger partial charge >= 0.3 is 0 Å². The van der Waals surface area contributed by atoms with Crippen molar-refractivity contribution in [2.24, 2.45) is 0 Å². The maximum atomic E-state index is 6.00. The molecular formula is C50H38N4O. The zero-order chi connectivity index (χ0) is 37.5. The number of hydrogen-bond acceptors (Lipinski definition) is 5. The van der Waals surface area contributed by atoms with Gasteiger partial charge in [0.15, 0.2) is 0 Å². The Morgan fingerprint density at radius 1 is 0.327 bits per heavy atom. The Morgan fingerprint density at radius 3 is 1.11 bits per heavy atom. The van der Waals surface area contributed by atoms with Crippen LogP contribution >= 0.6 is 0 Å². The van der Waals surface area contributed by atoms with Gasteiger partial charge in [-0.3, -0.25) is 0 Å². The van der Waals surface area contributed by atoms with E-state index >= 15 is 0 Å². The molecule has 0 fully saturated rings. The Morgan fingerprint density at radius 2 is 0.673 bits per heavy atom. The maximum absolute atomic E-state index is 6.00. The lowest BCUT2D eigenvalue weighted by Crippen LogP contribution is -1.99. The highest BCUT2D eigenvalue weighted by Gasteiger charge is 2.20. The molecule has 0 aliphatic heterocycles. The largest absolute Gasteiger partial charge is 0.416 e. The van der Waals surface area contributed by atoms with Gasteiger partial charge in [-0.1, -0.05) is 156 Å². The number of fused-ring (bicyclic) bond motifs is 1. The molecule has 55 heavy (non-hydrogen) atoms. The van der Waals surface area contributed by atoms with E-state index in [0.717, 1.165) is 78.1 Å². The first kappa shape index (κ1) is 33.8. The third kappa shape index (κ3) is 6.73. The van der Waals surface area contributed by atoms with Crippen molar-refractivity contribution in [2.75, 3.05) is 0 Å². The second-order valence-corrected chi connectivity index (χ2v) is 14.3. The summed E-state index contributed by atoms with van der Waals surface area (Å²) in [5.41, 5.74) is 18.7. The molecule has 0 aliphatic rings. The van der Waals surface area contributed by atoms with Crippen molar-refractivity contribution in [3.05, 3.63) is 180 Å². The first-order valence-corrected chi connectivity index (χ1v) is 18.5. The summed E-state index contributed by atoms with van der Waals surface area (Å²) in [6, 6.07) is 54.9. The summed E-state index contributed by atoms with van der Waals surface area (Å²) >= 11 is 0. The number of nitrogens with zero attached hydrogens (tertiary/aromatic N) is 4. The van der Waals surface area contributed by atoms with Crippen LogP contribution in [0, 0.1) is 27.7 Å². The molecule has 0 bridgehead atoms. The highest BCUT2D eigenvalue weighted by Crippen LogP contribution is 2.40. The predicted octanol–water partition coefficient (Wildman–Crippen LogP) is 12.9. The van der Waals surface area contributed by atoms with E-state index < -0.39 is 0 Å². The quantitative estimate of drug-likeness (QED) is 0.165. The first-order chi connectivity index (χ1) is 26.9. The molecular weight excluding hydrogens is 673 g/mol. The Bertz CT molecular complexity index is 2780. The van der Waals surface area contributed by atoms with Crippen molar-refractivity contribution in [3.63, 3.8) is 0 Å². The minimum absolute atomic E-state index is 0.491. The number of hydrogen-bond donors (Lipinski definition) is 0. The summed E-state index contributed by atoms with van der Waals surface area (Å²) < 4.78 is 6.00. The van der Waals surface area contributed by atoms with E-state index in [9.17, 15) is 0 Å². The Labute approximate surface area is 321 Å². The monoisotopic (exact) mass is 710 g/mol. The smallest absolute Gasteiger partial charge is 0.248 e. The van der Waals surface area contributed by atoms with E-state index in [-0.39, 0.29) is 0 Å². The number of rotatable bonds is 7. The zero-order valence-corrected chi connectivity index (χ0v) is 31.2. The van der Waals surface area contributed by atoms with Crippen LogP contribution in [-0.2, 0) is 0 Å². The van der Waals surface area contributed by atoms with Gasteiger partial charge in [0, 0.05) is 33.4 Å². The van der Waals surface area contributed by atoms with Crippen LogP contribution in [0.1, 0.15) is 22.3 Å². The average Bonchev–Trinajstić information content (AvgIpc) is 3.71. The van der Waals surface area contributed by atoms with Crippen molar-refractivity contribution in [2.45, 2.75) is 27.7 Å². The second-order valence-electron chi connectivity index (χ2n) is 14.3. The fraction of sp³-hybridized carbons (Fsp3) is 0.0800. The lowest BCUT2D eigenvalue weighted by molar-refractivity contribution is 0.584. The van der Waals surface area contributed by atoms with Crippen LogP contribution in [0.5, 0.6) is 0 Å². The summed E-state index contributed by atoms with van der Waals surface area (Å²) in [5, 5.41) is 8.56. The van der Waals surface area contributed by atoms with Crippen molar-refractivity contribution in [1.82, 2.24) is 20.2 Å². The summed E-state index contributed by atoms with van der Waals surface area (Å²) in [5.74, 6) is 0.995. The highest BCUT2D eigenvalue weighted by molar-refractivity contribution is 6.03. The van der Waals surface area contributed by atoms with Crippen molar-refractivity contribution >= 4 is 11.0 Å². The molecule has 0 aliphatic carbocycles. The van der Waals surface area contributed by atoms with Crippen LogP contribution in [0.3, 0.4) is 0 Å². The molecule has 0 atom stereocenters. The van der Waals surface area contributed by atoms with E-state index in [1.807, 2.05) is 48.5 Å². The van der Waals surface area contributed by atoms with Crippen LogP contribution in [0.4, 0.5) is 0 Å². The lowest BCUT2D eigenvalue weighted by atomic mass is 9.93. The van der Waals surface area contributed by atoms with Gasteiger partial charge in [0.05, 0.1) is 22.4 Å². The molecule has 2 aromatic heterocycles. The van der Waals surface area contributed by atoms with Gasteiger partial charge < -0.3 is 4.42 Å². The molecule has 2 heterocycles. The fourth-order valence-electron chi connectivity index (χ4n) is 7.52. The molecule has 9 rings (SSSR count). The molecule has 0 saturated heterocycles. The van der Waals surface area contributed by atoms with Gasteiger partial charge in [-0.25, -0.2) is 9.97 Å². The fourth-order valence-corrected chi connectivity index (χ4v) is 7.52. The molecule has 0 N–H and O–H groups in total. The number of benzene rings is 7. The van der Waals surface area contributed by atoms with E-state index in [2.05, 4.69) is 147 Å². The summed E-state index contributed by atoms with van der Waals surface area (Å²) in [6.07, 6.45) is 0. The highest BCUT2D eigenvalue weighted by atomic mass is 16.4. The van der Waals surface area contributed by atoms with Gasteiger partial charge in [0.1, 0.15) is 0 Å². The first-order valence-electron chi connectivity index (χ1n) is 18.5. The molecule has 5 nitrogen and oxygen atoms in total. The zero-order valence-electron chi connectivity index (χ0n) is 31.2. The summed E-state index contributed by atoms with van der Waals surface area (Å²) in [6.45, 7) is 8.59. The average molecular weight is 711 g/mol. The minimum atomic E-state index is 0.491. The normalized spacial score (nSPS) is 11.3. The van der Waals surface area contributed by atoms with Crippen molar-refractivity contribution < 1.29 is 4.42 Å². The lowest BCUT2D eigenvalue weighted by Gasteiger charge is -2.17. The third-order valence-corrected chi connectivity index (χ3v) is 10.0. The number of aromatic nitrogens is 4. The SMILES string of the molecule is Cc1cc(C)cc(-c2ccc(-c3cc(C)cc(C)c3)c3nc(-c4ccc(-c5ccc(-c6nnc(-c7ccccc7)o6)cc5)cc4)c(-c4ccccc4)nc23)c1. The van der Waals surface area contributed by atoms with Crippen LogP contribution in [0.2, 0.25) is 0 Å². The Hall–Kier alpha value is -6.98. The van der Waals surface area contributed by atoms with E-state index in [1.165, 1.54) is 22.3 Å². The molecule has 0 spiro atoms. The van der Waals surface area contributed by atoms with Crippen LogP contribution in [0.25, 0.3) is 89.8 Å².